The van der Waals surface area contributed by atoms with Gasteiger partial charge in [0, 0.05) is 26.0 Å². The number of amides is 1. The summed E-state index contributed by atoms with van der Waals surface area (Å²) >= 11 is 0. The quantitative estimate of drug-likeness (QED) is 0.760. The van der Waals surface area contributed by atoms with E-state index in [4.69, 9.17) is 4.74 Å². The molecule has 1 fully saturated rings. The van der Waals surface area contributed by atoms with Gasteiger partial charge in [0.2, 0.25) is 5.91 Å². The maximum Gasteiger partial charge on any atom is 0.235 e. The Hall–Kier alpha value is -1.33. The lowest BCUT2D eigenvalue weighted by molar-refractivity contribution is -0.179. The number of nitrogens with zero attached hydrogens (tertiary/aromatic N) is 1. The number of likely N-dealkylation sites (N-methyl/N-ethyl adjacent to an activating group) is 1. The van der Waals surface area contributed by atoms with E-state index in [1.165, 1.54) is 5.56 Å². The zero-order valence-corrected chi connectivity index (χ0v) is 9.98. The molecule has 1 aromatic rings. The SMILES string of the molecule is CN(CCc1cc[nH]c1)C(=O)C1(CO)COC1. The summed E-state index contributed by atoms with van der Waals surface area (Å²) in [6.07, 6.45) is 4.60. The number of aliphatic hydroxyl groups is 1. The van der Waals surface area contributed by atoms with Crippen LogP contribution in [0.15, 0.2) is 18.5 Å². The van der Waals surface area contributed by atoms with Crippen LogP contribution in [0, 0.1) is 5.41 Å². The summed E-state index contributed by atoms with van der Waals surface area (Å²) in [5.41, 5.74) is 0.486. The van der Waals surface area contributed by atoms with Gasteiger partial charge in [-0.05, 0) is 18.1 Å². The Kier molecular flexibility index (Phi) is 3.49. The molecule has 0 spiro atoms. The number of rotatable bonds is 5. The fourth-order valence-corrected chi connectivity index (χ4v) is 1.95. The van der Waals surface area contributed by atoms with Crippen molar-refractivity contribution in [2.24, 2.45) is 5.41 Å². The first-order valence-electron chi connectivity index (χ1n) is 5.74. The van der Waals surface area contributed by atoms with Gasteiger partial charge in [0.1, 0.15) is 5.41 Å². The average Bonchev–Trinajstić information content (AvgIpc) is 2.77. The molecule has 94 valence electrons. The van der Waals surface area contributed by atoms with E-state index in [1.54, 1.807) is 11.9 Å². The van der Waals surface area contributed by atoms with Crippen molar-refractivity contribution in [1.29, 1.82) is 0 Å². The first-order chi connectivity index (χ1) is 8.18. The van der Waals surface area contributed by atoms with Gasteiger partial charge in [-0.15, -0.1) is 0 Å². The summed E-state index contributed by atoms with van der Waals surface area (Å²) < 4.78 is 5.04. The number of aromatic amines is 1. The Morgan fingerprint density at radius 3 is 2.88 bits per heavy atom. The molecule has 2 rings (SSSR count). The van der Waals surface area contributed by atoms with E-state index >= 15 is 0 Å². The smallest absolute Gasteiger partial charge is 0.235 e. The number of aromatic nitrogens is 1. The van der Waals surface area contributed by atoms with E-state index in [1.807, 2.05) is 18.5 Å². The van der Waals surface area contributed by atoms with Crippen LogP contribution < -0.4 is 0 Å². The summed E-state index contributed by atoms with van der Waals surface area (Å²) in [4.78, 5) is 16.8. The average molecular weight is 238 g/mol. The van der Waals surface area contributed by atoms with Gasteiger partial charge in [0.25, 0.3) is 0 Å². The number of aliphatic hydroxyl groups excluding tert-OH is 1. The predicted octanol–water partition coefficient (Wildman–Crippen LogP) is 0.0245. The van der Waals surface area contributed by atoms with Crippen molar-refractivity contribution in [1.82, 2.24) is 9.88 Å². The van der Waals surface area contributed by atoms with Crippen molar-refractivity contribution in [3.05, 3.63) is 24.0 Å². The van der Waals surface area contributed by atoms with Gasteiger partial charge in [0.15, 0.2) is 0 Å². The molecule has 5 heteroatoms. The zero-order chi connectivity index (χ0) is 12.3. The van der Waals surface area contributed by atoms with Crippen molar-refractivity contribution in [2.75, 3.05) is 33.4 Å². The number of hydrogen-bond donors (Lipinski definition) is 2. The van der Waals surface area contributed by atoms with Crippen molar-refractivity contribution < 1.29 is 14.6 Å². The molecule has 1 aliphatic rings. The maximum atomic E-state index is 12.1. The van der Waals surface area contributed by atoms with Crippen molar-refractivity contribution in [2.45, 2.75) is 6.42 Å². The van der Waals surface area contributed by atoms with Gasteiger partial charge in [-0.25, -0.2) is 0 Å². The standard InChI is InChI=1S/C12H18N2O3/c1-14(5-3-10-2-4-13-6-10)11(16)12(7-15)8-17-9-12/h2,4,6,13,15H,3,5,7-9H2,1H3. The minimum absolute atomic E-state index is 0.0261. The molecule has 0 atom stereocenters. The molecule has 1 aliphatic heterocycles. The van der Waals surface area contributed by atoms with Gasteiger partial charge in [-0.1, -0.05) is 0 Å². The highest BCUT2D eigenvalue weighted by Crippen LogP contribution is 2.28. The van der Waals surface area contributed by atoms with E-state index in [-0.39, 0.29) is 12.5 Å². The van der Waals surface area contributed by atoms with Gasteiger partial charge >= 0.3 is 0 Å². The summed E-state index contributed by atoms with van der Waals surface area (Å²) in [6, 6.07) is 1.99. The summed E-state index contributed by atoms with van der Waals surface area (Å²) in [5.74, 6) is -0.0261. The fourth-order valence-electron chi connectivity index (χ4n) is 1.95. The monoisotopic (exact) mass is 238 g/mol. The van der Waals surface area contributed by atoms with E-state index in [2.05, 4.69) is 4.98 Å². The molecule has 2 N–H and O–H groups in total. The number of H-pyrrole nitrogens is 1. The highest BCUT2D eigenvalue weighted by Gasteiger charge is 2.46. The van der Waals surface area contributed by atoms with E-state index < -0.39 is 5.41 Å². The second-order valence-electron chi connectivity index (χ2n) is 4.63. The van der Waals surface area contributed by atoms with Crippen molar-refractivity contribution in [3.8, 4) is 0 Å². The van der Waals surface area contributed by atoms with Crippen LogP contribution in [0.2, 0.25) is 0 Å². The highest BCUT2D eigenvalue weighted by atomic mass is 16.5. The van der Waals surface area contributed by atoms with Gasteiger partial charge in [-0.3, -0.25) is 4.79 Å². The lowest BCUT2D eigenvalue weighted by Crippen LogP contribution is -2.56. The van der Waals surface area contributed by atoms with Crippen LogP contribution >= 0.6 is 0 Å². The van der Waals surface area contributed by atoms with Crippen molar-refractivity contribution in [3.63, 3.8) is 0 Å². The molecular weight excluding hydrogens is 220 g/mol. The Morgan fingerprint density at radius 1 is 1.65 bits per heavy atom. The molecule has 1 amide bonds. The third kappa shape index (κ3) is 2.35. The molecule has 0 radical (unpaired) electrons. The predicted molar refractivity (Wildman–Crippen MR) is 62.5 cm³/mol. The van der Waals surface area contributed by atoms with Crippen LogP contribution in [0.5, 0.6) is 0 Å². The molecule has 0 aromatic carbocycles. The van der Waals surface area contributed by atoms with Crippen LogP contribution in [0.3, 0.4) is 0 Å². The molecule has 2 heterocycles. The molecule has 0 bridgehead atoms. The molecule has 0 saturated carbocycles. The third-order valence-electron chi connectivity index (χ3n) is 3.26. The number of nitrogens with one attached hydrogen (secondary N) is 1. The second kappa shape index (κ2) is 4.89. The minimum atomic E-state index is -0.688. The largest absolute Gasteiger partial charge is 0.395 e. The second-order valence-corrected chi connectivity index (χ2v) is 4.63. The lowest BCUT2D eigenvalue weighted by Gasteiger charge is -2.40. The zero-order valence-electron chi connectivity index (χ0n) is 9.98. The Bertz CT molecular complexity index is 366. The summed E-state index contributed by atoms with van der Waals surface area (Å²) in [6.45, 7) is 1.17. The Labute approximate surface area is 100 Å². The molecule has 0 unspecified atom stereocenters. The fraction of sp³-hybridized carbons (Fsp3) is 0.583. The lowest BCUT2D eigenvalue weighted by atomic mass is 9.85. The van der Waals surface area contributed by atoms with Crippen LogP contribution in [0.4, 0.5) is 0 Å². The van der Waals surface area contributed by atoms with Crippen molar-refractivity contribution >= 4 is 5.91 Å². The molecule has 1 saturated heterocycles. The normalized spacial score (nSPS) is 17.5. The van der Waals surface area contributed by atoms with Crippen LogP contribution in [0.1, 0.15) is 5.56 Å². The first-order valence-corrected chi connectivity index (χ1v) is 5.74. The van der Waals surface area contributed by atoms with E-state index in [9.17, 15) is 9.90 Å². The summed E-state index contributed by atoms with van der Waals surface area (Å²) in [7, 11) is 1.77. The minimum Gasteiger partial charge on any atom is -0.395 e. The number of ether oxygens (including phenoxy) is 1. The number of hydrogen-bond acceptors (Lipinski definition) is 3. The first kappa shape index (κ1) is 12.1. The maximum absolute atomic E-state index is 12.1. The van der Waals surface area contributed by atoms with E-state index in [0.29, 0.717) is 19.8 Å². The summed E-state index contributed by atoms with van der Waals surface area (Å²) in [5, 5.41) is 9.28. The van der Waals surface area contributed by atoms with Gasteiger partial charge < -0.3 is 19.7 Å². The van der Waals surface area contributed by atoms with Crippen LogP contribution in [-0.2, 0) is 16.0 Å². The van der Waals surface area contributed by atoms with Crippen LogP contribution in [-0.4, -0.2) is 54.3 Å². The highest BCUT2D eigenvalue weighted by molar-refractivity contribution is 5.83. The Morgan fingerprint density at radius 2 is 2.41 bits per heavy atom. The van der Waals surface area contributed by atoms with Crippen LogP contribution in [0.25, 0.3) is 0 Å². The molecule has 5 nitrogen and oxygen atoms in total. The molecule has 0 aliphatic carbocycles. The molecule has 1 aromatic heterocycles. The topological polar surface area (TPSA) is 65.6 Å². The van der Waals surface area contributed by atoms with Gasteiger partial charge in [-0.2, -0.15) is 0 Å². The number of carbonyl (C=O) groups is 1. The number of carbonyl (C=O) groups excluding carboxylic acids is 1. The van der Waals surface area contributed by atoms with E-state index in [0.717, 1.165) is 6.42 Å². The Balaban J connectivity index is 1.87. The molecule has 17 heavy (non-hydrogen) atoms. The van der Waals surface area contributed by atoms with Gasteiger partial charge in [0.05, 0.1) is 19.8 Å². The third-order valence-corrected chi connectivity index (χ3v) is 3.26. The molecular formula is C12H18N2O3.